The average molecular weight is 304 g/mol. The number of rotatable bonds is 6. The third-order valence-electron chi connectivity index (χ3n) is 2.99. The molecule has 0 atom stereocenters. The van der Waals surface area contributed by atoms with Gasteiger partial charge in [0.25, 0.3) is 0 Å². The molecule has 0 saturated heterocycles. The Balaban J connectivity index is 2.07. The highest BCUT2D eigenvalue weighted by Gasteiger charge is 2.18. The van der Waals surface area contributed by atoms with Gasteiger partial charge < -0.3 is 4.74 Å². The van der Waals surface area contributed by atoms with E-state index in [2.05, 4.69) is 0 Å². The minimum atomic E-state index is -3.48. The molecule has 0 aromatic heterocycles. The summed E-state index contributed by atoms with van der Waals surface area (Å²) >= 11 is 0. The Kier molecular flexibility index (Phi) is 4.75. The number of sulfone groups is 1. The van der Waals surface area contributed by atoms with E-state index >= 15 is 0 Å². The molecule has 0 amide bonds. The van der Waals surface area contributed by atoms with Gasteiger partial charge in [0, 0.05) is 5.56 Å². The van der Waals surface area contributed by atoms with Gasteiger partial charge in [-0.2, -0.15) is 0 Å². The van der Waals surface area contributed by atoms with E-state index in [0.717, 1.165) is 0 Å². The monoisotopic (exact) mass is 304 g/mol. The summed E-state index contributed by atoms with van der Waals surface area (Å²) in [7, 11) is -1.95. The maximum atomic E-state index is 12.1. The molecule has 0 aliphatic carbocycles. The van der Waals surface area contributed by atoms with Crippen LogP contribution in [0.3, 0.4) is 0 Å². The Morgan fingerprint density at radius 3 is 2.19 bits per heavy atom. The minimum Gasteiger partial charge on any atom is -0.497 e. The van der Waals surface area contributed by atoms with E-state index in [1.807, 2.05) is 6.07 Å². The van der Waals surface area contributed by atoms with E-state index in [-0.39, 0.29) is 5.75 Å². The van der Waals surface area contributed by atoms with E-state index < -0.39 is 21.4 Å². The van der Waals surface area contributed by atoms with Crippen molar-refractivity contribution in [2.75, 3.05) is 12.9 Å². The second-order valence-corrected chi connectivity index (χ2v) is 6.73. The largest absolute Gasteiger partial charge is 0.497 e. The molecular formula is C16H16O4S. The molecule has 0 N–H and O–H groups in total. The summed E-state index contributed by atoms with van der Waals surface area (Å²) in [5.74, 6) is -0.406. The Morgan fingerprint density at radius 2 is 1.62 bits per heavy atom. The van der Waals surface area contributed by atoms with Gasteiger partial charge in [-0.15, -0.1) is 0 Å². The molecule has 2 aromatic rings. The van der Waals surface area contributed by atoms with E-state index in [1.165, 1.54) is 7.11 Å². The highest BCUT2D eigenvalue weighted by Crippen LogP contribution is 2.13. The molecule has 2 rings (SSSR count). The molecule has 2 aromatic carbocycles. The van der Waals surface area contributed by atoms with Crippen molar-refractivity contribution in [2.45, 2.75) is 5.75 Å². The summed E-state index contributed by atoms with van der Waals surface area (Å²) < 4.78 is 29.1. The van der Waals surface area contributed by atoms with Crippen molar-refractivity contribution in [2.24, 2.45) is 0 Å². The fraction of sp³-hybridized carbons (Fsp3) is 0.188. The quantitative estimate of drug-likeness (QED) is 0.769. The minimum absolute atomic E-state index is 0.129. The van der Waals surface area contributed by atoms with Crippen LogP contribution in [0, 0.1) is 0 Å². The maximum absolute atomic E-state index is 12.1. The van der Waals surface area contributed by atoms with Gasteiger partial charge in [0.2, 0.25) is 0 Å². The van der Waals surface area contributed by atoms with E-state index in [0.29, 0.717) is 16.9 Å². The molecule has 110 valence electrons. The first-order chi connectivity index (χ1) is 10.00. The Bertz CT molecular complexity index is 704. The van der Waals surface area contributed by atoms with Crippen molar-refractivity contribution >= 4 is 15.6 Å². The van der Waals surface area contributed by atoms with Gasteiger partial charge in [-0.3, -0.25) is 4.79 Å². The van der Waals surface area contributed by atoms with E-state index in [1.54, 1.807) is 48.5 Å². The summed E-state index contributed by atoms with van der Waals surface area (Å²) in [6, 6.07) is 15.2. The van der Waals surface area contributed by atoms with Crippen LogP contribution >= 0.6 is 0 Å². The highest BCUT2D eigenvalue weighted by molar-refractivity contribution is 7.91. The predicted octanol–water partition coefficient (Wildman–Crippen LogP) is 2.49. The summed E-state index contributed by atoms with van der Waals surface area (Å²) in [5, 5.41) is 0. The molecule has 0 bridgehead atoms. The highest BCUT2D eigenvalue weighted by atomic mass is 32.2. The van der Waals surface area contributed by atoms with Gasteiger partial charge in [-0.05, 0) is 29.8 Å². The van der Waals surface area contributed by atoms with Crippen LogP contribution in [0.1, 0.15) is 15.9 Å². The molecule has 4 nitrogen and oxygen atoms in total. The van der Waals surface area contributed by atoms with Crippen LogP contribution in [0.4, 0.5) is 0 Å². The van der Waals surface area contributed by atoms with Gasteiger partial charge >= 0.3 is 0 Å². The number of methoxy groups -OCH3 is 1. The molecule has 0 aliphatic heterocycles. The van der Waals surface area contributed by atoms with Crippen LogP contribution in [0.15, 0.2) is 54.6 Å². The predicted molar refractivity (Wildman–Crippen MR) is 81.3 cm³/mol. The van der Waals surface area contributed by atoms with Crippen molar-refractivity contribution in [3.8, 4) is 5.75 Å². The first-order valence-electron chi connectivity index (χ1n) is 6.42. The maximum Gasteiger partial charge on any atom is 0.177 e. The first-order valence-corrected chi connectivity index (χ1v) is 8.24. The molecule has 5 heteroatoms. The van der Waals surface area contributed by atoms with Crippen molar-refractivity contribution < 1.29 is 17.9 Å². The van der Waals surface area contributed by atoms with Crippen LogP contribution < -0.4 is 4.74 Å². The second-order valence-electron chi connectivity index (χ2n) is 4.67. The number of benzene rings is 2. The van der Waals surface area contributed by atoms with Crippen LogP contribution in [0.2, 0.25) is 0 Å². The first kappa shape index (κ1) is 15.3. The molecule has 0 aliphatic rings. The lowest BCUT2D eigenvalue weighted by Crippen LogP contribution is -2.17. The normalized spacial score (nSPS) is 11.1. The van der Waals surface area contributed by atoms with Crippen LogP contribution in [-0.4, -0.2) is 27.1 Å². The number of carbonyl (C=O) groups excluding carboxylic acids is 1. The molecule has 0 spiro atoms. The van der Waals surface area contributed by atoms with E-state index in [4.69, 9.17) is 4.74 Å². The summed E-state index contributed by atoms with van der Waals surface area (Å²) in [4.78, 5) is 12.0. The topological polar surface area (TPSA) is 60.4 Å². The fourth-order valence-corrected chi connectivity index (χ4v) is 3.31. The standard InChI is InChI=1S/C16H16O4S/c1-20-15-9-7-14(8-10-15)16(17)12-21(18,19)11-13-5-3-2-4-6-13/h2-10H,11-12H2,1H3. The van der Waals surface area contributed by atoms with E-state index in [9.17, 15) is 13.2 Å². The van der Waals surface area contributed by atoms with Gasteiger partial charge in [0.15, 0.2) is 15.6 Å². The van der Waals surface area contributed by atoms with Crippen molar-refractivity contribution in [3.63, 3.8) is 0 Å². The molecule has 0 fully saturated rings. The summed E-state index contributed by atoms with van der Waals surface area (Å²) in [5.41, 5.74) is 1.05. The molecule has 0 saturated carbocycles. The Hall–Kier alpha value is -2.14. The number of Topliss-reactive ketones (excluding diaryl/α,β-unsaturated/α-hetero) is 1. The molecule has 0 radical (unpaired) electrons. The zero-order valence-corrected chi connectivity index (χ0v) is 12.5. The number of ether oxygens (including phenoxy) is 1. The summed E-state index contributed by atoms with van der Waals surface area (Å²) in [6.45, 7) is 0. The van der Waals surface area contributed by atoms with Gasteiger partial charge in [0.1, 0.15) is 11.5 Å². The van der Waals surface area contributed by atoms with Crippen molar-refractivity contribution in [3.05, 3.63) is 65.7 Å². The molecule has 0 unspecified atom stereocenters. The smallest absolute Gasteiger partial charge is 0.177 e. The van der Waals surface area contributed by atoms with Gasteiger partial charge in [0.05, 0.1) is 12.9 Å². The van der Waals surface area contributed by atoms with Gasteiger partial charge in [-0.1, -0.05) is 30.3 Å². The zero-order chi connectivity index (χ0) is 15.3. The number of ketones is 1. The third kappa shape index (κ3) is 4.43. The van der Waals surface area contributed by atoms with Crippen LogP contribution in [-0.2, 0) is 15.6 Å². The fourth-order valence-electron chi connectivity index (χ4n) is 1.94. The SMILES string of the molecule is COc1ccc(C(=O)CS(=O)(=O)Cc2ccccc2)cc1. The molecule has 21 heavy (non-hydrogen) atoms. The molecule has 0 heterocycles. The average Bonchev–Trinajstić information content (AvgIpc) is 2.47. The van der Waals surface area contributed by atoms with Crippen molar-refractivity contribution in [1.82, 2.24) is 0 Å². The Morgan fingerprint density at radius 1 is 1.00 bits per heavy atom. The molecular weight excluding hydrogens is 288 g/mol. The number of carbonyl (C=O) groups is 1. The van der Waals surface area contributed by atoms with Crippen molar-refractivity contribution in [1.29, 1.82) is 0 Å². The lowest BCUT2D eigenvalue weighted by atomic mass is 10.1. The number of hydrogen-bond donors (Lipinski definition) is 0. The summed E-state index contributed by atoms with van der Waals surface area (Å²) in [6.07, 6.45) is 0. The second kappa shape index (κ2) is 6.54. The zero-order valence-electron chi connectivity index (χ0n) is 11.7. The lowest BCUT2D eigenvalue weighted by Gasteiger charge is -2.05. The lowest BCUT2D eigenvalue weighted by molar-refractivity contribution is 0.102. The number of hydrogen-bond acceptors (Lipinski definition) is 4. The third-order valence-corrected chi connectivity index (χ3v) is 4.47. The van der Waals surface area contributed by atoms with Crippen LogP contribution in [0.5, 0.6) is 5.75 Å². The van der Waals surface area contributed by atoms with Crippen LogP contribution in [0.25, 0.3) is 0 Å². The Labute approximate surface area is 124 Å². The van der Waals surface area contributed by atoms with Gasteiger partial charge in [-0.25, -0.2) is 8.42 Å².